The molecule has 0 saturated heterocycles. The van der Waals surface area contributed by atoms with Crippen LogP contribution in [-0.4, -0.2) is 26.5 Å². The summed E-state index contributed by atoms with van der Waals surface area (Å²) >= 11 is 0. The fraction of sp³-hybridized carbons (Fsp3) is 0.200. The summed E-state index contributed by atoms with van der Waals surface area (Å²) in [5.41, 5.74) is 0.250. The Bertz CT molecular complexity index is 513. The molecule has 7 heteroatoms. The Morgan fingerprint density at radius 2 is 2.35 bits per heavy atom. The number of hydrogen-bond donors (Lipinski definition) is 2. The Morgan fingerprint density at radius 3 is 3.00 bits per heavy atom. The van der Waals surface area contributed by atoms with Crippen molar-refractivity contribution in [2.75, 3.05) is 0 Å². The van der Waals surface area contributed by atoms with Crippen molar-refractivity contribution in [3.63, 3.8) is 0 Å². The first-order valence-corrected chi connectivity index (χ1v) is 4.96. The van der Waals surface area contributed by atoms with Gasteiger partial charge in [0.25, 0.3) is 5.91 Å². The van der Waals surface area contributed by atoms with Crippen molar-refractivity contribution >= 4 is 5.91 Å². The first-order chi connectivity index (χ1) is 8.16. The van der Waals surface area contributed by atoms with Crippen molar-refractivity contribution in [2.45, 2.75) is 13.0 Å². The minimum absolute atomic E-state index is 0.250. The molecule has 1 unspecified atom stereocenters. The van der Waals surface area contributed by atoms with E-state index in [1.54, 1.807) is 6.92 Å². The van der Waals surface area contributed by atoms with Crippen LogP contribution < -0.4 is 5.32 Å². The van der Waals surface area contributed by atoms with Crippen molar-refractivity contribution in [3.05, 3.63) is 41.5 Å². The van der Waals surface area contributed by atoms with Gasteiger partial charge in [0.2, 0.25) is 0 Å². The molecule has 6 nitrogen and oxygen atoms in total. The molecule has 88 valence electrons. The number of halogens is 1. The van der Waals surface area contributed by atoms with Crippen LogP contribution in [0.1, 0.15) is 29.1 Å². The minimum atomic E-state index is -0.454. The molecular weight excluding hydrogens is 225 g/mol. The Morgan fingerprint density at radius 1 is 1.53 bits per heavy atom. The van der Waals surface area contributed by atoms with Gasteiger partial charge in [-0.2, -0.15) is 5.21 Å². The highest BCUT2D eigenvalue weighted by atomic mass is 19.1. The van der Waals surface area contributed by atoms with Crippen LogP contribution in [0.3, 0.4) is 0 Å². The van der Waals surface area contributed by atoms with Crippen molar-refractivity contribution in [2.24, 2.45) is 0 Å². The van der Waals surface area contributed by atoms with Gasteiger partial charge in [-0.3, -0.25) is 4.79 Å². The molecule has 0 saturated carbocycles. The van der Waals surface area contributed by atoms with Crippen LogP contribution in [0.5, 0.6) is 0 Å². The number of tetrazole rings is 1. The normalized spacial score (nSPS) is 12.1. The SMILES string of the molecule is CC(NC(=O)c1cccc(F)c1)c1nn[nH]n1. The van der Waals surface area contributed by atoms with Crippen LogP contribution in [0, 0.1) is 5.82 Å². The predicted octanol–water partition coefficient (Wildman–Crippen LogP) is 0.830. The van der Waals surface area contributed by atoms with E-state index in [1.807, 2.05) is 0 Å². The first kappa shape index (κ1) is 11.2. The Balaban J connectivity index is 2.07. The van der Waals surface area contributed by atoms with Gasteiger partial charge in [-0.25, -0.2) is 4.39 Å². The van der Waals surface area contributed by atoms with E-state index in [0.29, 0.717) is 5.82 Å². The first-order valence-electron chi connectivity index (χ1n) is 4.96. The molecule has 1 amide bonds. The summed E-state index contributed by atoms with van der Waals surface area (Å²) in [7, 11) is 0. The van der Waals surface area contributed by atoms with Gasteiger partial charge in [0, 0.05) is 5.56 Å². The van der Waals surface area contributed by atoms with E-state index in [1.165, 1.54) is 18.2 Å². The van der Waals surface area contributed by atoms with Crippen molar-refractivity contribution in [1.29, 1.82) is 0 Å². The number of aromatic nitrogens is 4. The van der Waals surface area contributed by atoms with Gasteiger partial charge in [0.15, 0.2) is 5.82 Å². The number of hydrogen-bond acceptors (Lipinski definition) is 4. The zero-order chi connectivity index (χ0) is 12.3. The number of H-pyrrole nitrogens is 1. The van der Waals surface area contributed by atoms with E-state index in [-0.39, 0.29) is 11.5 Å². The van der Waals surface area contributed by atoms with Crippen LogP contribution in [0.4, 0.5) is 4.39 Å². The molecule has 0 bridgehead atoms. The molecule has 1 aromatic heterocycles. The van der Waals surface area contributed by atoms with E-state index >= 15 is 0 Å². The number of amides is 1. The molecule has 1 atom stereocenters. The molecule has 1 heterocycles. The highest BCUT2D eigenvalue weighted by Crippen LogP contribution is 2.07. The van der Waals surface area contributed by atoms with Gasteiger partial charge < -0.3 is 5.32 Å². The lowest BCUT2D eigenvalue weighted by Crippen LogP contribution is -2.27. The lowest BCUT2D eigenvalue weighted by molar-refractivity contribution is 0.0938. The van der Waals surface area contributed by atoms with E-state index in [9.17, 15) is 9.18 Å². The average molecular weight is 235 g/mol. The summed E-state index contributed by atoms with van der Waals surface area (Å²) < 4.78 is 12.9. The molecule has 2 rings (SSSR count). The molecule has 0 aliphatic heterocycles. The van der Waals surface area contributed by atoms with E-state index in [2.05, 4.69) is 25.9 Å². The van der Waals surface area contributed by atoms with E-state index in [4.69, 9.17) is 0 Å². The van der Waals surface area contributed by atoms with Gasteiger partial charge >= 0.3 is 0 Å². The topological polar surface area (TPSA) is 83.6 Å². The highest BCUT2D eigenvalue weighted by Gasteiger charge is 2.14. The summed E-state index contributed by atoms with van der Waals surface area (Å²) in [5.74, 6) is -0.471. The van der Waals surface area contributed by atoms with Crippen LogP contribution in [0.15, 0.2) is 24.3 Å². The van der Waals surface area contributed by atoms with Gasteiger partial charge in [0.1, 0.15) is 5.82 Å². The zero-order valence-corrected chi connectivity index (χ0v) is 9.01. The third-order valence-corrected chi connectivity index (χ3v) is 2.18. The molecule has 0 aliphatic rings. The molecule has 1 aromatic carbocycles. The predicted molar refractivity (Wildman–Crippen MR) is 56.5 cm³/mol. The van der Waals surface area contributed by atoms with Crippen LogP contribution in [-0.2, 0) is 0 Å². The number of nitrogens with zero attached hydrogens (tertiary/aromatic N) is 3. The van der Waals surface area contributed by atoms with Crippen LogP contribution >= 0.6 is 0 Å². The number of aromatic amines is 1. The molecular formula is C10H10FN5O. The maximum absolute atomic E-state index is 12.9. The molecule has 2 N–H and O–H groups in total. The lowest BCUT2D eigenvalue weighted by atomic mass is 10.2. The van der Waals surface area contributed by atoms with Crippen molar-refractivity contribution in [1.82, 2.24) is 25.9 Å². The number of rotatable bonds is 3. The minimum Gasteiger partial charge on any atom is -0.342 e. The fourth-order valence-corrected chi connectivity index (χ4v) is 1.33. The number of carbonyl (C=O) groups is 1. The summed E-state index contributed by atoms with van der Waals surface area (Å²) in [5, 5.41) is 15.8. The van der Waals surface area contributed by atoms with Gasteiger partial charge in [-0.05, 0) is 25.1 Å². The van der Waals surface area contributed by atoms with Gasteiger partial charge in [-0.1, -0.05) is 11.3 Å². The largest absolute Gasteiger partial charge is 0.342 e. The second-order valence-corrected chi connectivity index (χ2v) is 3.48. The highest BCUT2D eigenvalue weighted by molar-refractivity contribution is 5.94. The quantitative estimate of drug-likeness (QED) is 0.825. The monoisotopic (exact) mass is 235 g/mol. The average Bonchev–Trinajstić information content (AvgIpc) is 2.82. The lowest BCUT2D eigenvalue weighted by Gasteiger charge is -2.09. The number of benzene rings is 1. The second-order valence-electron chi connectivity index (χ2n) is 3.48. The molecule has 0 radical (unpaired) electrons. The third-order valence-electron chi connectivity index (χ3n) is 2.18. The molecule has 0 aliphatic carbocycles. The zero-order valence-electron chi connectivity index (χ0n) is 9.01. The Labute approximate surface area is 96.2 Å². The molecule has 0 spiro atoms. The second kappa shape index (κ2) is 4.69. The van der Waals surface area contributed by atoms with Gasteiger partial charge in [-0.15, -0.1) is 10.2 Å². The molecule has 0 fully saturated rings. The van der Waals surface area contributed by atoms with Crippen LogP contribution in [0.25, 0.3) is 0 Å². The Kier molecular flexibility index (Phi) is 3.08. The summed E-state index contributed by atoms with van der Waals surface area (Å²) in [6.45, 7) is 1.71. The number of carbonyl (C=O) groups excluding carboxylic acids is 1. The van der Waals surface area contributed by atoms with E-state index in [0.717, 1.165) is 6.07 Å². The van der Waals surface area contributed by atoms with Crippen molar-refractivity contribution < 1.29 is 9.18 Å². The summed E-state index contributed by atoms with van der Waals surface area (Å²) in [6.07, 6.45) is 0. The summed E-state index contributed by atoms with van der Waals surface area (Å²) in [4.78, 5) is 11.7. The smallest absolute Gasteiger partial charge is 0.251 e. The molecule has 2 aromatic rings. The standard InChI is InChI=1S/C10H10FN5O/c1-6(9-13-15-16-14-9)12-10(17)7-3-2-4-8(11)5-7/h2-6H,1H3,(H,12,17)(H,13,14,15,16). The number of nitrogens with one attached hydrogen (secondary N) is 2. The maximum Gasteiger partial charge on any atom is 0.251 e. The fourth-order valence-electron chi connectivity index (χ4n) is 1.33. The third kappa shape index (κ3) is 2.63. The summed E-state index contributed by atoms with van der Waals surface area (Å²) in [6, 6.07) is 5.05. The maximum atomic E-state index is 12.9. The molecule has 17 heavy (non-hydrogen) atoms. The van der Waals surface area contributed by atoms with Crippen LogP contribution in [0.2, 0.25) is 0 Å². The van der Waals surface area contributed by atoms with Gasteiger partial charge in [0.05, 0.1) is 6.04 Å². The van der Waals surface area contributed by atoms with E-state index < -0.39 is 11.9 Å². The Hall–Kier alpha value is -2.31. The van der Waals surface area contributed by atoms with Crippen molar-refractivity contribution in [3.8, 4) is 0 Å².